The Morgan fingerprint density at radius 3 is 2.33 bits per heavy atom. The molecule has 4 heteroatoms. The maximum absolute atomic E-state index is 11.8. The summed E-state index contributed by atoms with van der Waals surface area (Å²) in [5, 5.41) is 3.11. The van der Waals surface area contributed by atoms with Gasteiger partial charge in [-0.1, -0.05) is 26.2 Å². The summed E-state index contributed by atoms with van der Waals surface area (Å²) in [6, 6.07) is 0.338. The van der Waals surface area contributed by atoms with E-state index in [9.17, 15) is 13.2 Å². The van der Waals surface area contributed by atoms with E-state index in [2.05, 4.69) is 12.2 Å². The first kappa shape index (κ1) is 14.8. The monoisotopic (exact) mass is 225 g/mol. The molecule has 0 rings (SSSR count). The molecule has 0 aromatic rings. The minimum atomic E-state index is -4.01. The van der Waals surface area contributed by atoms with Gasteiger partial charge in [0.25, 0.3) is 0 Å². The number of rotatable bonds is 8. The van der Waals surface area contributed by atoms with Crippen LogP contribution >= 0.6 is 0 Å². The maximum Gasteiger partial charge on any atom is 0.389 e. The molecule has 0 spiro atoms. The quantitative estimate of drug-likeness (QED) is 0.618. The van der Waals surface area contributed by atoms with Crippen molar-refractivity contribution in [2.75, 3.05) is 6.54 Å². The third-order valence-corrected chi connectivity index (χ3v) is 2.37. The van der Waals surface area contributed by atoms with Gasteiger partial charge in [0.1, 0.15) is 0 Å². The van der Waals surface area contributed by atoms with E-state index in [0.717, 1.165) is 12.8 Å². The molecule has 0 amide bonds. The van der Waals surface area contributed by atoms with Crippen LogP contribution in [0.4, 0.5) is 13.2 Å². The molecule has 0 aromatic carbocycles. The molecule has 0 heterocycles. The summed E-state index contributed by atoms with van der Waals surface area (Å²) < 4.78 is 35.4. The summed E-state index contributed by atoms with van der Waals surface area (Å²) >= 11 is 0. The molecule has 0 aliphatic rings. The first-order chi connectivity index (χ1) is 6.95. The van der Waals surface area contributed by atoms with Gasteiger partial charge in [-0.05, 0) is 26.3 Å². The molecule has 1 nitrogen and oxygen atoms in total. The van der Waals surface area contributed by atoms with Crippen LogP contribution in [0.3, 0.4) is 0 Å². The summed E-state index contributed by atoms with van der Waals surface area (Å²) in [4.78, 5) is 0. The second-order valence-corrected chi connectivity index (χ2v) is 4.07. The fourth-order valence-electron chi connectivity index (χ4n) is 1.44. The van der Waals surface area contributed by atoms with Gasteiger partial charge >= 0.3 is 6.18 Å². The fraction of sp³-hybridized carbons (Fsp3) is 1.00. The molecule has 0 aromatic heterocycles. The van der Waals surface area contributed by atoms with E-state index in [1.807, 2.05) is 6.92 Å². The van der Waals surface area contributed by atoms with Gasteiger partial charge in [-0.15, -0.1) is 0 Å². The summed E-state index contributed by atoms with van der Waals surface area (Å²) in [7, 11) is 0. The van der Waals surface area contributed by atoms with Gasteiger partial charge in [0, 0.05) is 12.5 Å². The number of unbranched alkanes of at least 4 members (excludes halogenated alkanes) is 2. The molecular weight excluding hydrogens is 203 g/mol. The Labute approximate surface area is 90.4 Å². The third kappa shape index (κ3) is 11.7. The Hall–Kier alpha value is -0.250. The number of hydrogen-bond acceptors (Lipinski definition) is 1. The Bertz CT molecular complexity index is 145. The van der Waals surface area contributed by atoms with Crippen molar-refractivity contribution in [1.29, 1.82) is 0 Å². The van der Waals surface area contributed by atoms with E-state index in [-0.39, 0.29) is 6.42 Å². The SMILES string of the molecule is CCCCCC(C)NCCCC(F)(F)F. The van der Waals surface area contributed by atoms with E-state index >= 15 is 0 Å². The summed E-state index contributed by atoms with van der Waals surface area (Å²) in [6.07, 6.45) is 0.0928. The molecule has 1 N–H and O–H groups in total. The van der Waals surface area contributed by atoms with Gasteiger partial charge in [0.05, 0.1) is 0 Å². The highest BCUT2D eigenvalue weighted by molar-refractivity contribution is 4.61. The van der Waals surface area contributed by atoms with Crippen molar-refractivity contribution in [2.45, 2.75) is 64.6 Å². The minimum absolute atomic E-state index is 0.182. The Morgan fingerprint density at radius 2 is 1.80 bits per heavy atom. The first-order valence-electron chi connectivity index (χ1n) is 5.76. The molecule has 0 saturated carbocycles. The second-order valence-electron chi connectivity index (χ2n) is 4.07. The average molecular weight is 225 g/mol. The predicted octanol–water partition coefficient (Wildman–Crippen LogP) is 3.89. The molecule has 1 atom stereocenters. The van der Waals surface area contributed by atoms with Crippen molar-refractivity contribution in [2.24, 2.45) is 0 Å². The van der Waals surface area contributed by atoms with E-state index in [4.69, 9.17) is 0 Å². The Kier molecular flexibility index (Phi) is 7.83. The van der Waals surface area contributed by atoms with E-state index in [1.54, 1.807) is 0 Å². The lowest BCUT2D eigenvalue weighted by Crippen LogP contribution is -2.27. The van der Waals surface area contributed by atoms with E-state index < -0.39 is 12.6 Å². The van der Waals surface area contributed by atoms with Gasteiger partial charge in [0.15, 0.2) is 0 Å². The molecule has 0 saturated heterocycles. The van der Waals surface area contributed by atoms with Crippen LogP contribution in [0.1, 0.15) is 52.4 Å². The van der Waals surface area contributed by atoms with Gasteiger partial charge in [-0.2, -0.15) is 13.2 Å². The van der Waals surface area contributed by atoms with Crippen LogP contribution in [-0.2, 0) is 0 Å². The van der Waals surface area contributed by atoms with Gasteiger partial charge < -0.3 is 5.32 Å². The van der Waals surface area contributed by atoms with Crippen molar-refractivity contribution >= 4 is 0 Å². The summed E-state index contributed by atoms with van der Waals surface area (Å²) in [6.45, 7) is 4.64. The highest BCUT2D eigenvalue weighted by Gasteiger charge is 2.25. The molecule has 92 valence electrons. The van der Waals surface area contributed by atoms with Crippen molar-refractivity contribution in [3.05, 3.63) is 0 Å². The number of hydrogen-bond donors (Lipinski definition) is 1. The normalized spacial score (nSPS) is 14.2. The molecule has 15 heavy (non-hydrogen) atoms. The zero-order chi connectivity index (χ0) is 11.7. The molecule has 0 bridgehead atoms. The van der Waals surface area contributed by atoms with Crippen molar-refractivity contribution in [3.63, 3.8) is 0 Å². The van der Waals surface area contributed by atoms with Crippen LogP contribution in [0.15, 0.2) is 0 Å². The van der Waals surface area contributed by atoms with Crippen LogP contribution in [0, 0.1) is 0 Å². The van der Waals surface area contributed by atoms with Gasteiger partial charge in [0.2, 0.25) is 0 Å². The standard InChI is InChI=1S/C11H22F3N/c1-3-4-5-7-10(2)15-9-6-8-11(12,13)14/h10,15H,3-9H2,1-2H3. The first-order valence-corrected chi connectivity index (χ1v) is 5.76. The summed E-state index contributed by atoms with van der Waals surface area (Å²) in [5.41, 5.74) is 0. The molecule has 0 aliphatic carbocycles. The lowest BCUT2D eigenvalue weighted by Gasteiger charge is -2.13. The lowest BCUT2D eigenvalue weighted by atomic mass is 10.1. The van der Waals surface area contributed by atoms with Gasteiger partial charge in [-0.25, -0.2) is 0 Å². The number of alkyl halides is 3. The van der Waals surface area contributed by atoms with Crippen LogP contribution in [0.5, 0.6) is 0 Å². The maximum atomic E-state index is 11.8. The smallest absolute Gasteiger partial charge is 0.314 e. The predicted molar refractivity (Wildman–Crippen MR) is 56.9 cm³/mol. The highest BCUT2D eigenvalue weighted by atomic mass is 19.4. The summed E-state index contributed by atoms with van der Waals surface area (Å²) in [5.74, 6) is 0. The van der Waals surface area contributed by atoms with Gasteiger partial charge in [-0.3, -0.25) is 0 Å². The third-order valence-electron chi connectivity index (χ3n) is 2.37. The highest BCUT2D eigenvalue weighted by Crippen LogP contribution is 2.20. The van der Waals surface area contributed by atoms with Crippen molar-refractivity contribution in [3.8, 4) is 0 Å². The Morgan fingerprint density at radius 1 is 1.13 bits per heavy atom. The largest absolute Gasteiger partial charge is 0.389 e. The van der Waals surface area contributed by atoms with Crippen LogP contribution in [0.2, 0.25) is 0 Å². The zero-order valence-electron chi connectivity index (χ0n) is 9.66. The molecule has 1 unspecified atom stereocenters. The molecule has 0 radical (unpaired) electrons. The van der Waals surface area contributed by atoms with Crippen LogP contribution < -0.4 is 5.32 Å². The molecular formula is C11H22F3N. The van der Waals surface area contributed by atoms with Crippen molar-refractivity contribution in [1.82, 2.24) is 5.32 Å². The topological polar surface area (TPSA) is 12.0 Å². The second kappa shape index (κ2) is 7.97. The van der Waals surface area contributed by atoms with E-state index in [1.165, 1.54) is 12.8 Å². The zero-order valence-corrected chi connectivity index (χ0v) is 9.66. The lowest BCUT2D eigenvalue weighted by molar-refractivity contribution is -0.135. The average Bonchev–Trinajstić information content (AvgIpc) is 2.11. The van der Waals surface area contributed by atoms with E-state index in [0.29, 0.717) is 12.6 Å². The van der Waals surface area contributed by atoms with Crippen LogP contribution in [-0.4, -0.2) is 18.8 Å². The fourth-order valence-corrected chi connectivity index (χ4v) is 1.44. The van der Waals surface area contributed by atoms with Crippen molar-refractivity contribution < 1.29 is 13.2 Å². The Balaban J connectivity index is 3.27. The minimum Gasteiger partial charge on any atom is -0.314 e. The van der Waals surface area contributed by atoms with Crippen LogP contribution in [0.25, 0.3) is 0 Å². The number of halogens is 3. The molecule has 0 aliphatic heterocycles. The molecule has 0 fully saturated rings. The number of nitrogens with one attached hydrogen (secondary N) is 1.